The van der Waals surface area contributed by atoms with Crippen molar-refractivity contribution in [2.75, 3.05) is 11.4 Å². The van der Waals surface area contributed by atoms with E-state index >= 15 is 0 Å². The van der Waals surface area contributed by atoms with Gasteiger partial charge in [-0.15, -0.1) is 0 Å². The third-order valence-electron chi connectivity index (χ3n) is 3.90. The Balaban J connectivity index is 1.94. The highest BCUT2D eigenvalue weighted by molar-refractivity contribution is 9.10. The highest BCUT2D eigenvalue weighted by Gasteiger charge is 2.49. The smallest absolute Gasteiger partial charge is 0.374 e. The molecule has 1 atom stereocenters. The summed E-state index contributed by atoms with van der Waals surface area (Å²) in [5.41, 5.74) is -2.93. The number of rotatable bonds is 2. The van der Waals surface area contributed by atoms with E-state index in [4.69, 9.17) is 0 Å². The van der Waals surface area contributed by atoms with E-state index in [9.17, 15) is 23.1 Å². The lowest BCUT2D eigenvalue weighted by atomic mass is 9.97. The van der Waals surface area contributed by atoms with Gasteiger partial charge in [0.05, 0.1) is 5.69 Å². The number of pyridine rings is 1. The van der Waals surface area contributed by atoms with Gasteiger partial charge in [0.2, 0.25) is 0 Å². The molecule has 2 aromatic rings. The molecule has 1 amide bonds. The summed E-state index contributed by atoms with van der Waals surface area (Å²) in [6.07, 6.45) is -4.67. The summed E-state index contributed by atoms with van der Waals surface area (Å²) in [7, 11) is 0. The number of carbonyl (C=O) groups is 1. The van der Waals surface area contributed by atoms with Gasteiger partial charge in [0.1, 0.15) is 5.69 Å². The van der Waals surface area contributed by atoms with Crippen LogP contribution in [-0.4, -0.2) is 22.5 Å². The number of aliphatic hydroxyl groups is 1. The topological polar surface area (TPSA) is 53.4 Å². The SMILES string of the molecule is O=C1N(c2ccc(Br)cc2)CCC1(O)c1cccc(C(F)(F)F)n1. The van der Waals surface area contributed by atoms with Gasteiger partial charge in [-0.05, 0) is 36.4 Å². The molecule has 1 aromatic heterocycles. The van der Waals surface area contributed by atoms with Crippen molar-refractivity contribution in [1.82, 2.24) is 4.98 Å². The first-order valence-corrected chi connectivity index (χ1v) is 7.86. The second-order valence-corrected chi connectivity index (χ2v) is 6.36. The third kappa shape index (κ3) is 2.91. The molecule has 0 aliphatic carbocycles. The van der Waals surface area contributed by atoms with Crippen molar-refractivity contribution in [3.05, 3.63) is 58.3 Å². The number of aromatic nitrogens is 1. The van der Waals surface area contributed by atoms with Crippen molar-refractivity contribution < 1.29 is 23.1 Å². The van der Waals surface area contributed by atoms with Gasteiger partial charge >= 0.3 is 6.18 Å². The zero-order valence-corrected chi connectivity index (χ0v) is 13.8. The molecule has 4 nitrogen and oxygen atoms in total. The fourth-order valence-corrected chi connectivity index (χ4v) is 2.90. The molecule has 1 fully saturated rings. The summed E-state index contributed by atoms with van der Waals surface area (Å²) in [5.74, 6) is -0.684. The summed E-state index contributed by atoms with van der Waals surface area (Å²) in [6, 6.07) is 10.0. The van der Waals surface area contributed by atoms with Crippen molar-refractivity contribution in [2.45, 2.75) is 18.2 Å². The quantitative estimate of drug-likeness (QED) is 0.839. The van der Waals surface area contributed by atoms with Crippen molar-refractivity contribution >= 4 is 27.5 Å². The first-order valence-electron chi connectivity index (χ1n) is 7.06. The molecule has 8 heteroatoms. The summed E-state index contributed by atoms with van der Waals surface area (Å²) in [4.78, 5) is 17.4. The number of benzene rings is 1. The minimum absolute atomic E-state index is 0.0315. The normalized spacial score (nSPS) is 21.4. The molecule has 1 N–H and O–H groups in total. The summed E-state index contributed by atoms with van der Waals surface area (Å²) in [6.45, 7) is 0.189. The van der Waals surface area contributed by atoms with E-state index < -0.39 is 23.4 Å². The lowest BCUT2D eigenvalue weighted by Gasteiger charge is -2.22. The number of halogens is 4. The first-order chi connectivity index (χ1) is 11.2. The van der Waals surface area contributed by atoms with E-state index in [1.165, 1.54) is 11.0 Å². The Morgan fingerprint density at radius 2 is 1.83 bits per heavy atom. The van der Waals surface area contributed by atoms with Crippen LogP contribution in [0.1, 0.15) is 17.8 Å². The molecule has 0 radical (unpaired) electrons. The minimum Gasteiger partial charge on any atom is -0.374 e. The molecule has 126 valence electrons. The Morgan fingerprint density at radius 3 is 2.46 bits per heavy atom. The highest BCUT2D eigenvalue weighted by atomic mass is 79.9. The largest absolute Gasteiger partial charge is 0.433 e. The Morgan fingerprint density at radius 1 is 1.17 bits per heavy atom. The van der Waals surface area contributed by atoms with Crippen LogP contribution in [0.3, 0.4) is 0 Å². The number of amides is 1. The molecule has 1 aliphatic heterocycles. The van der Waals surface area contributed by atoms with E-state index in [-0.39, 0.29) is 18.7 Å². The molecule has 3 rings (SSSR count). The molecule has 0 spiro atoms. The van der Waals surface area contributed by atoms with Crippen molar-refractivity contribution in [1.29, 1.82) is 0 Å². The molecular weight excluding hydrogens is 389 g/mol. The Kier molecular flexibility index (Phi) is 4.13. The standard InChI is InChI=1S/C16H12BrF3N2O2/c17-10-4-6-11(7-5-10)22-9-8-15(24,14(22)23)12-2-1-3-13(21-12)16(18,19)20/h1-7,24H,8-9H2. The second-order valence-electron chi connectivity index (χ2n) is 5.45. The van der Waals surface area contributed by atoms with Crippen LogP contribution in [0.4, 0.5) is 18.9 Å². The molecule has 1 aliphatic rings. The zero-order valence-electron chi connectivity index (χ0n) is 12.2. The van der Waals surface area contributed by atoms with Gasteiger partial charge in [0, 0.05) is 23.1 Å². The van der Waals surface area contributed by atoms with Crippen LogP contribution in [0.25, 0.3) is 0 Å². The molecule has 24 heavy (non-hydrogen) atoms. The van der Waals surface area contributed by atoms with E-state index in [0.29, 0.717) is 5.69 Å². The predicted molar refractivity (Wildman–Crippen MR) is 84.2 cm³/mol. The molecule has 1 aromatic carbocycles. The van der Waals surface area contributed by atoms with Crippen LogP contribution in [0.2, 0.25) is 0 Å². The maximum atomic E-state index is 12.8. The van der Waals surface area contributed by atoms with Crippen molar-refractivity contribution in [3.63, 3.8) is 0 Å². The van der Waals surface area contributed by atoms with E-state index in [1.54, 1.807) is 24.3 Å². The zero-order chi connectivity index (χ0) is 17.5. The van der Waals surface area contributed by atoms with Gasteiger partial charge in [0.25, 0.3) is 5.91 Å². The van der Waals surface area contributed by atoms with Crippen LogP contribution >= 0.6 is 15.9 Å². The average Bonchev–Trinajstić information content (AvgIpc) is 2.85. The van der Waals surface area contributed by atoms with Crippen LogP contribution < -0.4 is 4.90 Å². The van der Waals surface area contributed by atoms with E-state index in [0.717, 1.165) is 16.6 Å². The van der Waals surface area contributed by atoms with Gasteiger partial charge in [-0.2, -0.15) is 13.2 Å². The van der Waals surface area contributed by atoms with Gasteiger partial charge in [0.15, 0.2) is 5.60 Å². The van der Waals surface area contributed by atoms with Crippen molar-refractivity contribution in [2.24, 2.45) is 0 Å². The molecule has 0 saturated carbocycles. The minimum atomic E-state index is -4.64. The number of hydrogen-bond donors (Lipinski definition) is 1. The number of carbonyl (C=O) groups excluding carboxylic acids is 1. The van der Waals surface area contributed by atoms with Crippen molar-refractivity contribution in [3.8, 4) is 0 Å². The van der Waals surface area contributed by atoms with E-state index in [2.05, 4.69) is 20.9 Å². The Labute approximate surface area is 144 Å². The number of nitrogens with zero attached hydrogens (tertiary/aromatic N) is 2. The molecule has 2 heterocycles. The second kappa shape index (κ2) is 5.86. The third-order valence-corrected chi connectivity index (χ3v) is 4.43. The molecule has 0 bridgehead atoms. The van der Waals surface area contributed by atoms with Gasteiger partial charge in [-0.1, -0.05) is 22.0 Å². The van der Waals surface area contributed by atoms with Gasteiger partial charge < -0.3 is 10.0 Å². The van der Waals surface area contributed by atoms with Crippen LogP contribution in [-0.2, 0) is 16.6 Å². The monoisotopic (exact) mass is 400 g/mol. The summed E-state index contributed by atoms with van der Waals surface area (Å²) < 4.78 is 39.3. The van der Waals surface area contributed by atoms with Crippen LogP contribution in [0.15, 0.2) is 46.9 Å². The molecular formula is C16H12BrF3N2O2. The number of anilines is 1. The summed E-state index contributed by atoms with van der Waals surface area (Å²) in [5, 5.41) is 10.7. The van der Waals surface area contributed by atoms with Gasteiger partial charge in [-0.25, -0.2) is 4.98 Å². The molecule has 1 saturated heterocycles. The summed E-state index contributed by atoms with van der Waals surface area (Å²) >= 11 is 3.29. The maximum absolute atomic E-state index is 12.8. The lowest BCUT2D eigenvalue weighted by molar-refractivity contribution is -0.143. The lowest BCUT2D eigenvalue weighted by Crippen LogP contribution is -2.38. The Bertz CT molecular complexity index is 780. The predicted octanol–water partition coefficient (Wildman–Crippen LogP) is 3.49. The maximum Gasteiger partial charge on any atom is 0.433 e. The Hall–Kier alpha value is -1.93. The number of hydrogen-bond acceptors (Lipinski definition) is 3. The van der Waals surface area contributed by atoms with Gasteiger partial charge in [-0.3, -0.25) is 4.79 Å². The number of alkyl halides is 3. The first kappa shape index (κ1) is 16.9. The molecule has 1 unspecified atom stereocenters. The van der Waals surface area contributed by atoms with E-state index in [1.807, 2.05) is 0 Å². The van der Waals surface area contributed by atoms with Crippen LogP contribution in [0.5, 0.6) is 0 Å². The fourth-order valence-electron chi connectivity index (χ4n) is 2.63. The average molecular weight is 401 g/mol. The van der Waals surface area contributed by atoms with Crippen LogP contribution in [0, 0.1) is 0 Å². The fraction of sp³-hybridized carbons (Fsp3) is 0.250. The highest BCUT2D eigenvalue weighted by Crippen LogP contribution is 2.37.